The van der Waals surface area contributed by atoms with Crippen LogP contribution in [0.25, 0.3) is 0 Å². The molecule has 2 atom stereocenters. The highest BCUT2D eigenvalue weighted by Crippen LogP contribution is 2.43. The Bertz CT molecular complexity index is 1460. The predicted molar refractivity (Wildman–Crippen MR) is 163 cm³/mol. The number of para-hydroxylation sites is 1. The number of hydrogen-bond acceptors (Lipinski definition) is 4. The second-order valence-electron chi connectivity index (χ2n) is 8.31. The number of aliphatic imine (C=N–C) groups is 1. The van der Waals surface area contributed by atoms with Crippen molar-refractivity contribution in [1.82, 2.24) is 4.90 Å². The molecule has 1 heterocycles. The van der Waals surface area contributed by atoms with Crippen molar-refractivity contribution in [3.05, 3.63) is 86.6 Å². The van der Waals surface area contributed by atoms with Crippen LogP contribution in [0, 0.1) is 5.82 Å². The number of alkyl halides is 4. The lowest BCUT2D eigenvalue weighted by molar-refractivity contribution is -0.119. The van der Waals surface area contributed by atoms with Crippen LogP contribution in [0.15, 0.2) is 65.7 Å². The summed E-state index contributed by atoms with van der Waals surface area (Å²) in [6.07, 6.45) is -1.43. The third-order valence-corrected chi connectivity index (χ3v) is 8.81. The number of rotatable bonds is 6. The maximum absolute atomic E-state index is 14.8. The minimum atomic E-state index is -2.17. The third-order valence-electron chi connectivity index (χ3n) is 5.74. The predicted octanol–water partition coefficient (Wildman–Crippen LogP) is 9.38. The first-order valence-corrected chi connectivity index (χ1v) is 14.1. The number of likely N-dealkylation sites (N-methyl/N-ethyl adjacent to an activating group) is 1. The van der Waals surface area contributed by atoms with Gasteiger partial charge in [-0.25, -0.2) is 19.1 Å². The number of anilines is 3. The molecule has 0 N–H and O–H groups in total. The Morgan fingerprint density at radius 1 is 0.850 bits per heavy atom. The van der Waals surface area contributed by atoms with Gasteiger partial charge in [-0.15, -0.1) is 11.6 Å². The minimum absolute atomic E-state index is 0.162. The summed E-state index contributed by atoms with van der Waals surface area (Å²) in [7, 11) is 1.22. The zero-order valence-electron chi connectivity index (χ0n) is 19.9. The first-order chi connectivity index (χ1) is 18.7. The van der Waals surface area contributed by atoms with Crippen LogP contribution in [-0.4, -0.2) is 45.1 Å². The van der Waals surface area contributed by atoms with Crippen molar-refractivity contribution < 1.29 is 14.0 Å². The van der Waals surface area contributed by atoms with E-state index >= 15 is 0 Å². The van der Waals surface area contributed by atoms with Crippen molar-refractivity contribution >= 4 is 128 Å². The van der Waals surface area contributed by atoms with E-state index in [-0.39, 0.29) is 25.8 Å². The first kappa shape index (κ1) is 31.3. The fourth-order valence-electron chi connectivity index (χ4n) is 3.81. The van der Waals surface area contributed by atoms with Crippen LogP contribution in [0.5, 0.6) is 0 Å². The van der Waals surface area contributed by atoms with Crippen LogP contribution < -0.4 is 9.80 Å². The maximum atomic E-state index is 14.8. The molecule has 1 aliphatic heterocycles. The average Bonchev–Trinajstić information content (AvgIpc) is 3.10. The van der Waals surface area contributed by atoms with Gasteiger partial charge in [-0.1, -0.05) is 93.3 Å². The van der Waals surface area contributed by atoms with Gasteiger partial charge >= 0.3 is 6.03 Å². The molecular formula is C25H15Cl8FN4O2. The van der Waals surface area contributed by atoms with E-state index in [1.54, 1.807) is 12.1 Å². The molecule has 3 amide bonds. The number of urea groups is 1. The number of halogens is 9. The van der Waals surface area contributed by atoms with E-state index in [2.05, 4.69) is 4.99 Å². The Morgan fingerprint density at radius 3 is 1.85 bits per heavy atom. The van der Waals surface area contributed by atoms with Gasteiger partial charge in [0, 0.05) is 18.4 Å². The highest BCUT2D eigenvalue weighted by molar-refractivity contribution is 6.70. The Labute approximate surface area is 268 Å². The summed E-state index contributed by atoms with van der Waals surface area (Å²) >= 11 is 50.4. The molecule has 15 heteroatoms. The van der Waals surface area contributed by atoms with Gasteiger partial charge in [0.05, 0.1) is 25.8 Å². The molecule has 6 nitrogen and oxygen atoms in total. The summed E-state index contributed by atoms with van der Waals surface area (Å²) in [6.45, 7) is 0. The molecule has 1 fully saturated rings. The van der Waals surface area contributed by atoms with E-state index in [0.29, 0.717) is 11.4 Å². The van der Waals surface area contributed by atoms with Crippen LogP contribution in [-0.2, 0) is 4.79 Å². The first-order valence-electron chi connectivity index (χ1n) is 11.1. The van der Waals surface area contributed by atoms with E-state index in [0.717, 1.165) is 15.9 Å². The molecule has 3 aromatic rings. The summed E-state index contributed by atoms with van der Waals surface area (Å²) < 4.78 is 12.7. The van der Waals surface area contributed by atoms with Crippen LogP contribution in [0.2, 0.25) is 20.1 Å². The molecule has 0 saturated carbocycles. The molecule has 0 radical (unpaired) electrons. The van der Waals surface area contributed by atoms with Crippen molar-refractivity contribution in [2.75, 3.05) is 16.8 Å². The zero-order chi connectivity index (χ0) is 29.5. The third kappa shape index (κ3) is 6.22. The highest BCUT2D eigenvalue weighted by Gasteiger charge is 2.46. The molecule has 4 rings (SSSR count). The number of carbonyl (C=O) groups excluding carboxylic acids is 2. The van der Waals surface area contributed by atoms with Crippen molar-refractivity contribution in [2.24, 2.45) is 4.99 Å². The average molecular weight is 706 g/mol. The number of amides is 3. The molecule has 0 aliphatic carbocycles. The zero-order valence-corrected chi connectivity index (χ0v) is 26.0. The summed E-state index contributed by atoms with van der Waals surface area (Å²) in [5.74, 6) is -2.11. The molecular weight excluding hydrogens is 691 g/mol. The summed E-state index contributed by atoms with van der Waals surface area (Å²) in [6, 6.07) is 13.7. The monoisotopic (exact) mass is 702 g/mol. The number of nitrogens with zero attached hydrogens (tertiary/aromatic N) is 4. The number of hydrogen-bond donors (Lipinski definition) is 0. The SMILES string of the molecule is CN1C(=O)/C(=N\C(C(Cl)C(Cl)(Cl)Cl)N(c2ccc(Cl)c(Cl)c2)c2ccc(Cl)c(Cl)c2)N(c2ccccc2F)C1=O. The lowest BCUT2D eigenvalue weighted by Gasteiger charge is -2.36. The van der Waals surface area contributed by atoms with Gasteiger partial charge in [-0.3, -0.25) is 9.69 Å². The number of imide groups is 1. The summed E-state index contributed by atoms with van der Waals surface area (Å²) in [5.41, 5.74) is 0.451. The largest absolute Gasteiger partial charge is 0.337 e. The highest BCUT2D eigenvalue weighted by atomic mass is 35.6. The van der Waals surface area contributed by atoms with Gasteiger partial charge < -0.3 is 4.90 Å². The van der Waals surface area contributed by atoms with Crippen molar-refractivity contribution in [2.45, 2.75) is 15.3 Å². The van der Waals surface area contributed by atoms with Crippen molar-refractivity contribution in [3.8, 4) is 0 Å². The fourth-order valence-corrected chi connectivity index (χ4v) is 4.90. The molecule has 2 unspecified atom stereocenters. The molecule has 1 aliphatic rings. The standard InChI is InChI=1S/C25H15Cl8FN4O2/c1-36-23(39)22(38(24(36)40)19-5-3-2-4-18(19)34)35-21(20(30)25(31,32)33)37(12-6-8-14(26)16(28)10-12)13-7-9-15(27)17(29)11-13/h2-11,20-21H,1H3/b35-22+. The van der Waals surface area contributed by atoms with Crippen molar-refractivity contribution in [3.63, 3.8) is 0 Å². The molecule has 0 spiro atoms. The van der Waals surface area contributed by atoms with Gasteiger partial charge in [0.25, 0.3) is 5.91 Å². The summed E-state index contributed by atoms with van der Waals surface area (Å²) in [4.78, 5) is 34.0. The molecule has 3 aromatic carbocycles. The van der Waals surface area contributed by atoms with Gasteiger partial charge in [-0.05, 0) is 48.5 Å². The van der Waals surface area contributed by atoms with E-state index in [9.17, 15) is 14.0 Å². The quantitative estimate of drug-likeness (QED) is 0.190. The van der Waals surface area contributed by atoms with Crippen molar-refractivity contribution in [1.29, 1.82) is 0 Å². The Hall–Kier alpha value is -1.68. The fraction of sp³-hybridized carbons (Fsp3) is 0.160. The lowest BCUT2D eigenvalue weighted by atomic mass is 10.2. The minimum Gasteiger partial charge on any atom is -0.317 e. The van der Waals surface area contributed by atoms with Gasteiger partial charge in [0.2, 0.25) is 9.63 Å². The second kappa shape index (κ2) is 12.3. The maximum Gasteiger partial charge on any atom is 0.337 e. The molecule has 40 heavy (non-hydrogen) atoms. The topological polar surface area (TPSA) is 56.2 Å². The van der Waals surface area contributed by atoms with Gasteiger partial charge in [-0.2, -0.15) is 0 Å². The second-order valence-corrected chi connectivity index (χ2v) is 12.8. The lowest BCUT2D eigenvalue weighted by Crippen LogP contribution is -2.45. The van der Waals surface area contributed by atoms with E-state index < -0.39 is 38.9 Å². The van der Waals surface area contributed by atoms with Gasteiger partial charge in [0.1, 0.15) is 17.4 Å². The van der Waals surface area contributed by atoms with Crippen LogP contribution in [0.1, 0.15) is 0 Å². The normalized spacial score (nSPS) is 16.6. The smallest absolute Gasteiger partial charge is 0.317 e. The van der Waals surface area contributed by atoms with Crippen LogP contribution in [0.4, 0.5) is 26.2 Å². The molecule has 0 bridgehead atoms. The number of amidine groups is 1. The van der Waals surface area contributed by atoms with Crippen LogP contribution >= 0.6 is 92.8 Å². The molecule has 1 saturated heterocycles. The van der Waals surface area contributed by atoms with E-state index in [4.69, 9.17) is 92.8 Å². The van der Waals surface area contributed by atoms with Gasteiger partial charge in [0.15, 0.2) is 0 Å². The number of benzene rings is 3. The van der Waals surface area contributed by atoms with Crippen LogP contribution in [0.3, 0.4) is 0 Å². The van der Waals surface area contributed by atoms with E-state index in [1.807, 2.05) is 0 Å². The van der Waals surface area contributed by atoms with E-state index in [1.165, 1.54) is 54.4 Å². The Balaban J connectivity index is 2.02. The molecule has 210 valence electrons. The Kier molecular flexibility index (Phi) is 9.60. The Morgan fingerprint density at radius 2 is 1.38 bits per heavy atom. The molecule has 0 aromatic heterocycles. The summed E-state index contributed by atoms with van der Waals surface area (Å²) in [5, 5.41) is -0.665. The number of carbonyl (C=O) groups is 2.